The zero-order chi connectivity index (χ0) is 14.3. The van der Waals surface area contributed by atoms with Crippen LogP contribution in [0.3, 0.4) is 0 Å². The van der Waals surface area contributed by atoms with Crippen molar-refractivity contribution in [2.24, 2.45) is 10.9 Å². The van der Waals surface area contributed by atoms with Gasteiger partial charge < -0.3 is 9.47 Å². The molecule has 2 unspecified atom stereocenters. The maximum atomic E-state index is 6.27. The molecule has 0 aromatic rings. The summed E-state index contributed by atoms with van der Waals surface area (Å²) in [7, 11) is 0. The lowest BCUT2D eigenvalue weighted by Crippen LogP contribution is -2.43. The van der Waals surface area contributed by atoms with Gasteiger partial charge in [0, 0.05) is 6.61 Å². The van der Waals surface area contributed by atoms with Gasteiger partial charge in [-0.15, -0.1) is 6.58 Å². The van der Waals surface area contributed by atoms with Gasteiger partial charge in [-0.1, -0.05) is 50.1 Å². The number of hydrogen-bond donors (Lipinski definition) is 0. The molecule has 0 amide bonds. The molecular weight excluding hydrogens is 250 g/mol. The normalized spacial score (nSPS) is 28.2. The fourth-order valence-electron chi connectivity index (χ4n) is 2.72. The SMILES string of the molecule is C=CCC1(OCCCCC)C=CC=CC1C1=NCCO1. The van der Waals surface area contributed by atoms with E-state index >= 15 is 0 Å². The number of allylic oxidation sites excluding steroid dienone is 2. The van der Waals surface area contributed by atoms with Crippen LogP contribution in [0.4, 0.5) is 0 Å². The van der Waals surface area contributed by atoms with Gasteiger partial charge >= 0.3 is 0 Å². The second-order valence-corrected chi connectivity index (χ2v) is 5.29. The van der Waals surface area contributed by atoms with Crippen LogP contribution in [0.1, 0.15) is 32.6 Å². The van der Waals surface area contributed by atoms with Crippen LogP contribution in [-0.2, 0) is 9.47 Å². The van der Waals surface area contributed by atoms with Gasteiger partial charge in [-0.05, 0) is 12.8 Å². The third kappa shape index (κ3) is 3.40. The van der Waals surface area contributed by atoms with E-state index in [1.54, 1.807) is 0 Å². The highest BCUT2D eigenvalue weighted by Crippen LogP contribution is 2.35. The summed E-state index contributed by atoms with van der Waals surface area (Å²) in [5.74, 6) is 0.873. The number of rotatable bonds is 8. The quantitative estimate of drug-likeness (QED) is 0.500. The minimum atomic E-state index is -0.382. The van der Waals surface area contributed by atoms with Gasteiger partial charge in [0.2, 0.25) is 0 Å². The van der Waals surface area contributed by atoms with E-state index in [1.165, 1.54) is 12.8 Å². The van der Waals surface area contributed by atoms with Crippen molar-refractivity contribution in [2.45, 2.75) is 38.2 Å². The van der Waals surface area contributed by atoms with Crippen molar-refractivity contribution in [2.75, 3.05) is 19.8 Å². The minimum Gasteiger partial charge on any atom is -0.478 e. The van der Waals surface area contributed by atoms with Gasteiger partial charge in [-0.3, -0.25) is 4.99 Å². The van der Waals surface area contributed by atoms with E-state index in [0.29, 0.717) is 6.61 Å². The molecule has 2 aliphatic rings. The Morgan fingerprint density at radius 2 is 2.40 bits per heavy atom. The molecule has 0 saturated carbocycles. The maximum absolute atomic E-state index is 6.27. The first-order valence-corrected chi connectivity index (χ1v) is 7.60. The Kier molecular flexibility index (Phi) is 5.60. The maximum Gasteiger partial charge on any atom is 0.193 e. The van der Waals surface area contributed by atoms with E-state index in [4.69, 9.17) is 9.47 Å². The molecule has 0 aromatic carbocycles. The summed E-state index contributed by atoms with van der Waals surface area (Å²) >= 11 is 0. The first-order valence-electron chi connectivity index (χ1n) is 7.60. The predicted molar refractivity (Wildman–Crippen MR) is 83.0 cm³/mol. The number of nitrogens with zero attached hydrogens (tertiary/aromatic N) is 1. The average molecular weight is 275 g/mol. The molecule has 1 aliphatic carbocycles. The second-order valence-electron chi connectivity index (χ2n) is 5.29. The summed E-state index contributed by atoms with van der Waals surface area (Å²) in [6.07, 6.45) is 14.5. The van der Waals surface area contributed by atoms with E-state index in [9.17, 15) is 0 Å². The Labute approximate surface area is 122 Å². The van der Waals surface area contributed by atoms with Gasteiger partial charge in [-0.2, -0.15) is 0 Å². The molecule has 1 heterocycles. The van der Waals surface area contributed by atoms with Crippen LogP contribution in [0, 0.1) is 5.92 Å². The van der Waals surface area contributed by atoms with E-state index in [0.717, 1.165) is 31.9 Å². The Morgan fingerprint density at radius 1 is 1.50 bits per heavy atom. The fourth-order valence-corrected chi connectivity index (χ4v) is 2.72. The lowest BCUT2D eigenvalue weighted by molar-refractivity contribution is -0.0262. The molecule has 0 N–H and O–H groups in total. The third-order valence-corrected chi connectivity index (χ3v) is 3.78. The molecule has 0 aromatic heterocycles. The Morgan fingerprint density at radius 3 is 3.10 bits per heavy atom. The van der Waals surface area contributed by atoms with E-state index in [1.807, 2.05) is 12.2 Å². The summed E-state index contributed by atoms with van der Waals surface area (Å²) in [5, 5.41) is 0. The van der Waals surface area contributed by atoms with Gasteiger partial charge in [0.1, 0.15) is 12.2 Å². The molecule has 2 atom stereocenters. The third-order valence-electron chi connectivity index (χ3n) is 3.78. The zero-order valence-electron chi connectivity index (χ0n) is 12.4. The van der Waals surface area contributed by atoms with E-state index < -0.39 is 0 Å². The Bertz CT molecular complexity index is 411. The van der Waals surface area contributed by atoms with Gasteiger partial charge in [0.15, 0.2) is 5.90 Å². The minimum absolute atomic E-state index is 0.0645. The monoisotopic (exact) mass is 275 g/mol. The van der Waals surface area contributed by atoms with Crippen LogP contribution < -0.4 is 0 Å². The van der Waals surface area contributed by atoms with Crippen molar-refractivity contribution in [3.05, 3.63) is 37.0 Å². The molecule has 0 spiro atoms. The fraction of sp³-hybridized carbons (Fsp3) is 0.588. The topological polar surface area (TPSA) is 30.8 Å². The summed E-state index contributed by atoms with van der Waals surface area (Å²) in [6.45, 7) is 8.29. The molecule has 2 rings (SSSR count). The molecule has 0 saturated heterocycles. The van der Waals surface area contributed by atoms with Crippen molar-refractivity contribution < 1.29 is 9.47 Å². The number of aliphatic imine (C=N–C) groups is 1. The summed E-state index contributed by atoms with van der Waals surface area (Å²) < 4.78 is 11.9. The Balaban J connectivity index is 2.11. The molecular formula is C17H25NO2. The standard InChI is InChI=1S/C17H25NO2/c1-3-5-8-13-20-17(10-4-2)11-7-6-9-15(17)16-18-12-14-19-16/h4,6-7,9,11,15H,2-3,5,8,10,12-14H2,1H3. The molecule has 0 fully saturated rings. The molecule has 20 heavy (non-hydrogen) atoms. The van der Waals surface area contributed by atoms with Crippen LogP contribution in [0.5, 0.6) is 0 Å². The Hall–Kier alpha value is -1.35. The zero-order valence-corrected chi connectivity index (χ0v) is 12.4. The van der Waals surface area contributed by atoms with Crippen molar-refractivity contribution >= 4 is 5.90 Å². The molecule has 3 nitrogen and oxygen atoms in total. The highest BCUT2D eigenvalue weighted by atomic mass is 16.5. The number of unbranched alkanes of at least 4 members (excludes halogenated alkanes) is 2. The predicted octanol–water partition coefficient (Wildman–Crippen LogP) is 3.68. The first-order chi connectivity index (χ1) is 9.82. The van der Waals surface area contributed by atoms with Gasteiger partial charge in [0.05, 0.1) is 12.5 Å². The van der Waals surface area contributed by atoms with Crippen LogP contribution in [-0.4, -0.2) is 31.3 Å². The van der Waals surface area contributed by atoms with E-state index in [2.05, 4.69) is 36.7 Å². The van der Waals surface area contributed by atoms with Gasteiger partial charge in [-0.25, -0.2) is 0 Å². The average Bonchev–Trinajstić information content (AvgIpc) is 2.98. The summed E-state index contributed by atoms with van der Waals surface area (Å²) in [4.78, 5) is 4.48. The van der Waals surface area contributed by atoms with Crippen molar-refractivity contribution in [3.8, 4) is 0 Å². The summed E-state index contributed by atoms with van der Waals surface area (Å²) in [6, 6.07) is 0. The van der Waals surface area contributed by atoms with Gasteiger partial charge in [0.25, 0.3) is 0 Å². The lowest BCUT2D eigenvalue weighted by Gasteiger charge is -2.37. The molecule has 0 radical (unpaired) electrons. The van der Waals surface area contributed by atoms with Crippen molar-refractivity contribution in [1.29, 1.82) is 0 Å². The smallest absolute Gasteiger partial charge is 0.193 e. The highest BCUT2D eigenvalue weighted by molar-refractivity contribution is 5.83. The van der Waals surface area contributed by atoms with Crippen LogP contribution >= 0.6 is 0 Å². The number of ether oxygens (including phenoxy) is 2. The van der Waals surface area contributed by atoms with Crippen LogP contribution in [0.2, 0.25) is 0 Å². The molecule has 1 aliphatic heterocycles. The van der Waals surface area contributed by atoms with Crippen LogP contribution in [0.25, 0.3) is 0 Å². The largest absolute Gasteiger partial charge is 0.478 e. The highest BCUT2D eigenvalue weighted by Gasteiger charge is 2.41. The lowest BCUT2D eigenvalue weighted by atomic mass is 9.80. The second kappa shape index (κ2) is 7.44. The van der Waals surface area contributed by atoms with E-state index in [-0.39, 0.29) is 11.5 Å². The molecule has 110 valence electrons. The van der Waals surface area contributed by atoms with Crippen LogP contribution in [0.15, 0.2) is 42.0 Å². The van der Waals surface area contributed by atoms with Crippen molar-refractivity contribution in [3.63, 3.8) is 0 Å². The number of hydrogen-bond acceptors (Lipinski definition) is 3. The first kappa shape index (κ1) is 15.0. The van der Waals surface area contributed by atoms with Crippen molar-refractivity contribution in [1.82, 2.24) is 0 Å². The summed E-state index contributed by atoms with van der Waals surface area (Å²) in [5.41, 5.74) is -0.382. The molecule has 3 heteroatoms. The molecule has 0 bridgehead atoms.